The summed E-state index contributed by atoms with van der Waals surface area (Å²) >= 11 is 0. The van der Waals surface area contributed by atoms with E-state index in [2.05, 4.69) is 0 Å². The third-order valence-corrected chi connectivity index (χ3v) is 2.33. The number of esters is 1. The minimum atomic E-state index is -0.568. The Bertz CT molecular complexity index is 321. The average molecular weight is 192 g/mol. The van der Waals surface area contributed by atoms with Crippen molar-refractivity contribution in [2.75, 3.05) is 0 Å². The van der Waals surface area contributed by atoms with Gasteiger partial charge in [0.05, 0.1) is 12.5 Å². The number of rotatable bonds is 1. The molecule has 0 unspecified atom stereocenters. The lowest BCUT2D eigenvalue weighted by Gasteiger charge is -2.26. The fourth-order valence-corrected chi connectivity index (χ4v) is 1.65. The van der Waals surface area contributed by atoms with Crippen molar-refractivity contribution < 1.29 is 14.6 Å². The highest BCUT2D eigenvalue weighted by Crippen LogP contribution is 2.28. The second-order valence-electron chi connectivity index (χ2n) is 3.48. The Morgan fingerprint density at radius 3 is 2.64 bits per heavy atom. The van der Waals surface area contributed by atoms with Crippen LogP contribution in [-0.2, 0) is 9.53 Å². The number of ether oxygens (including phenoxy) is 1. The van der Waals surface area contributed by atoms with E-state index < -0.39 is 6.10 Å². The molecule has 1 aliphatic heterocycles. The lowest BCUT2D eigenvalue weighted by atomic mass is 9.99. The predicted octanol–water partition coefficient (Wildman–Crippen LogP) is 1.43. The van der Waals surface area contributed by atoms with Crippen molar-refractivity contribution in [3.05, 3.63) is 35.9 Å². The molecule has 2 rings (SSSR count). The number of aliphatic hydroxyl groups excluding tert-OH is 1. The normalized spacial score (nSPS) is 27.1. The molecule has 1 fully saturated rings. The monoisotopic (exact) mass is 192 g/mol. The van der Waals surface area contributed by atoms with Crippen LogP contribution in [-0.4, -0.2) is 17.2 Å². The van der Waals surface area contributed by atoms with Crippen LogP contribution in [0.2, 0.25) is 0 Å². The van der Waals surface area contributed by atoms with Gasteiger partial charge in [0, 0.05) is 6.42 Å². The summed E-state index contributed by atoms with van der Waals surface area (Å²) in [7, 11) is 0. The summed E-state index contributed by atoms with van der Waals surface area (Å²) in [4.78, 5) is 11.1. The van der Waals surface area contributed by atoms with E-state index in [4.69, 9.17) is 4.74 Å². The number of benzene rings is 1. The SMILES string of the molecule is O=C1C[C@H](O)C[C@@H](c2ccccc2)O1. The number of hydrogen-bond acceptors (Lipinski definition) is 3. The van der Waals surface area contributed by atoms with Crippen molar-refractivity contribution in [3.63, 3.8) is 0 Å². The summed E-state index contributed by atoms with van der Waals surface area (Å²) in [6.07, 6.45) is -0.243. The molecular weight excluding hydrogens is 180 g/mol. The Morgan fingerprint density at radius 2 is 2.00 bits per heavy atom. The predicted molar refractivity (Wildman–Crippen MR) is 50.5 cm³/mol. The van der Waals surface area contributed by atoms with Gasteiger partial charge in [0.1, 0.15) is 6.10 Å². The van der Waals surface area contributed by atoms with Crippen molar-refractivity contribution in [2.24, 2.45) is 0 Å². The molecule has 1 aromatic rings. The smallest absolute Gasteiger partial charge is 0.309 e. The summed E-state index contributed by atoms with van der Waals surface area (Å²) in [6.45, 7) is 0. The molecule has 14 heavy (non-hydrogen) atoms. The Morgan fingerprint density at radius 1 is 1.29 bits per heavy atom. The lowest BCUT2D eigenvalue weighted by Crippen LogP contribution is -2.27. The van der Waals surface area contributed by atoms with Crippen LogP contribution in [0.15, 0.2) is 30.3 Å². The fourth-order valence-electron chi connectivity index (χ4n) is 1.65. The van der Waals surface area contributed by atoms with Crippen LogP contribution in [0.25, 0.3) is 0 Å². The molecule has 1 N–H and O–H groups in total. The molecule has 0 saturated carbocycles. The first-order valence-electron chi connectivity index (χ1n) is 4.68. The van der Waals surface area contributed by atoms with Gasteiger partial charge in [-0.3, -0.25) is 4.79 Å². The van der Waals surface area contributed by atoms with E-state index in [9.17, 15) is 9.90 Å². The van der Waals surface area contributed by atoms with Crippen LogP contribution >= 0.6 is 0 Å². The molecule has 74 valence electrons. The van der Waals surface area contributed by atoms with Crippen molar-refractivity contribution in [2.45, 2.75) is 25.0 Å². The van der Waals surface area contributed by atoms with Gasteiger partial charge in [-0.25, -0.2) is 0 Å². The van der Waals surface area contributed by atoms with Crippen LogP contribution in [0.4, 0.5) is 0 Å². The number of carbonyl (C=O) groups is 1. The molecule has 3 nitrogen and oxygen atoms in total. The molecule has 0 bridgehead atoms. The Kier molecular flexibility index (Phi) is 2.50. The van der Waals surface area contributed by atoms with Crippen LogP contribution in [0.1, 0.15) is 24.5 Å². The summed E-state index contributed by atoms with van der Waals surface area (Å²) in [5, 5.41) is 9.41. The van der Waals surface area contributed by atoms with Crippen molar-refractivity contribution in [1.82, 2.24) is 0 Å². The van der Waals surface area contributed by atoms with E-state index >= 15 is 0 Å². The van der Waals surface area contributed by atoms with E-state index in [0.29, 0.717) is 6.42 Å². The van der Waals surface area contributed by atoms with Crippen LogP contribution in [0.5, 0.6) is 0 Å². The number of carbonyl (C=O) groups excluding carboxylic acids is 1. The van der Waals surface area contributed by atoms with Crippen LogP contribution < -0.4 is 0 Å². The van der Waals surface area contributed by atoms with Gasteiger partial charge >= 0.3 is 5.97 Å². The molecule has 0 radical (unpaired) electrons. The molecule has 2 atom stereocenters. The average Bonchev–Trinajstić information content (AvgIpc) is 2.18. The molecule has 3 heteroatoms. The maximum Gasteiger partial charge on any atom is 0.309 e. The number of aliphatic hydroxyl groups is 1. The highest BCUT2D eigenvalue weighted by atomic mass is 16.5. The van der Waals surface area contributed by atoms with Gasteiger partial charge in [0.25, 0.3) is 0 Å². The first-order valence-corrected chi connectivity index (χ1v) is 4.68. The van der Waals surface area contributed by atoms with Gasteiger partial charge in [-0.2, -0.15) is 0 Å². The van der Waals surface area contributed by atoms with E-state index in [1.54, 1.807) is 0 Å². The van der Waals surface area contributed by atoms with Gasteiger partial charge in [0.15, 0.2) is 0 Å². The summed E-state index contributed by atoms with van der Waals surface area (Å²) < 4.78 is 5.14. The Balaban J connectivity index is 2.15. The Labute approximate surface area is 82.3 Å². The van der Waals surface area contributed by atoms with E-state index in [1.165, 1.54) is 0 Å². The maximum atomic E-state index is 11.1. The zero-order valence-electron chi connectivity index (χ0n) is 7.72. The first-order chi connectivity index (χ1) is 6.75. The maximum absolute atomic E-state index is 11.1. The van der Waals surface area contributed by atoms with Crippen LogP contribution in [0.3, 0.4) is 0 Å². The quantitative estimate of drug-likeness (QED) is 0.684. The second-order valence-corrected chi connectivity index (χ2v) is 3.48. The molecular formula is C11H12O3. The second kappa shape index (κ2) is 3.80. The van der Waals surface area contributed by atoms with Crippen LogP contribution in [0, 0.1) is 0 Å². The first kappa shape index (κ1) is 9.21. The molecule has 1 saturated heterocycles. The number of hydrogen-bond donors (Lipinski definition) is 1. The fraction of sp³-hybridized carbons (Fsp3) is 0.364. The minimum absolute atomic E-state index is 0.114. The lowest BCUT2D eigenvalue weighted by molar-refractivity contribution is -0.160. The van der Waals surface area contributed by atoms with E-state index in [0.717, 1.165) is 5.56 Å². The zero-order chi connectivity index (χ0) is 9.97. The Hall–Kier alpha value is -1.35. The van der Waals surface area contributed by atoms with Gasteiger partial charge < -0.3 is 9.84 Å². The molecule has 0 aromatic heterocycles. The van der Waals surface area contributed by atoms with Gasteiger partial charge in [-0.05, 0) is 5.56 Å². The molecule has 0 amide bonds. The standard InChI is InChI=1S/C11H12O3/c12-9-6-10(14-11(13)7-9)8-4-2-1-3-5-8/h1-5,9-10,12H,6-7H2/t9-,10+/m1/s1. The topological polar surface area (TPSA) is 46.5 Å². The molecule has 0 aliphatic carbocycles. The van der Waals surface area contributed by atoms with Gasteiger partial charge in [-0.1, -0.05) is 30.3 Å². The molecule has 1 aromatic carbocycles. The van der Waals surface area contributed by atoms with Gasteiger partial charge in [-0.15, -0.1) is 0 Å². The largest absolute Gasteiger partial charge is 0.457 e. The van der Waals surface area contributed by atoms with Crippen molar-refractivity contribution in [1.29, 1.82) is 0 Å². The van der Waals surface area contributed by atoms with Gasteiger partial charge in [0.2, 0.25) is 0 Å². The highest BCUT2D eigenvalue weighted by Gasteiger charge is 2.27. The van der Waals surface area contributed by atoms with E-state index in [-0.39, 0.29) is 18.5 Å². The van der Waals surface area contributed by atoms with Crippen molar-refractivity contribution >= 4 is 5.97 Å². The van der Waals surface area contributed by atoms with Crippen molar-refractivity contribution in [3.8, 4) is 0 Å². The zero-order valence-corrected chi connectivity index (χ0v) is 7.72. The summed E-state index contributed by atoms with van der Waals surface area (Å²) in [5.41, 5.74) is 0.944. The molecule has 1 heterocycles. The third-order valence-electron chi connectivity index (χ3n) is 2.33. The summed E-state index contributed by atoms with van der Waals surface area (Å²) in [6, 6.07) is 9.49. The molecule has 1 aliphatic rings. The molecule has 0 spiro atoms. The van der Waals surface area contributed by atoms with E-state index in [1.807, 2.05) is 30.3 Å². The summed E-state index contributed by atoms with van der Waals surface area (Å²) in [5.74, 6) is -0.322. The highest BCUT2D eigenvalue weighted by molar-refractivity contribution is 5.71. The minimum Gasteiger partial charge on any atom is -0.457 e. The number of cyclic esters (lactones) is 1. The third kappa shape index (κ3) is 1.93.